The maximum absolute atomic E-state index is 13.4. The summed E-state index contributed by atoms with van der Waals surface area (Å²) in [7, 11) is 0. The van der Waals surface area contributed by atoms with Crippen molar-refractivity contribution in [3.8, 4) is 0 Å². The number of anilines is 2. The molecule has 0 N–H and O–H groups in total. The average molecular weight is 506 g/mol. The minimum Gasteiger partial charge on any atom is -0.340 e. The molecular weight excluding hydrogens is 471 g/mol. The van der Waals surface area contributed by atoms with Crippen LogP contribution in [0.4, 0.5) is 24.5 Å². The van der Waals surface area contributed by atoms with E-state index in [0.717, 1.165) is 54.6 Å². The molecule has 0 radical (unpaired) electrons. The number of ketones is 1. The van der Waals surface area contributed by atoms with E-state index in [4.69, 9.17) is 0 Å². The fourth-order valence-electron chi connectivity index (χ4n) is 4.77. The highest BCUT2D eigenvalue weighted by atomic mass is 32.2. The Bertz CT molecular complexity index is 1040. The van der Waals surface area contributed by atoms with Gasteiger partial charge in [-0.05, 0) is 48.7 Å². The number of benzene rings is 2. The lowest BCUT2D eigenvalue weighted by molar-refractivity contribution is -0.137. The second-order valence-corrected chi connectivity index (χ2v) is 11.7. The van der Waals surface area contributed by atoms with E-state index in [0.29, 0.717) is 31.0 Å². The largest absolute Gasteiger partial charge is 0.416 e. The van der Waals surface area contributed by atoms with Gasteiger partial charge in [-0.2, -0.15) is 13.2 Å². The molecule has 8 heteroatoms. The molecular formula is C27H34F3N3OS. The van der Waals surface area contributed by atoms with Crippen molar-refractivity contribution in [1.82, 2.24) is 9.80 Å². The van der Waals surface area contributed by atoms with Gasteiger partial charge < -0.3 is 9.80 Å². The van der Waals surface area contributed by atoms with E-state index in [1.807, 2.05) is 29.2 Å². The number of alkyl halides is 3. The zero-order valence-electron chi connectivity index (χ0n) is 20.7. The first kappa shape index (κ1) is 26.0. The van der Waals surface area contributed by atoms with Crippen LogP contribution in [-0.2, 0) is 11.0 Å². The van der Waals surface area contributed by atoms with Gasteiger partial charge in [-0.15, -0.1) is 0 Å². The summed E-state index contributed by atoms with van der Waals surface area (Å²) in [4.78, 5) is 20.9. The Hall–Kier alpha value is -2.03. The number of Topliss-reactive ketones (excluding diaryl/α,β-unsaturated/α-hetero) is 1. The Balaban J connectivity index is 1.35. The van der Waals surface area contributed by atoms with Gasteiger partial charge in [0.15, 0.2) is 0 Å². The number of carbonyl (C=O) groups is 1. The van der Waals surface area contributed by atoms with Crippen molar-refractivity contribution >= 4 is 28.9 Å². The molecule has 2 aromatic rings. The second kappa shape index (κ2) is 10.5. The van der Waals surface area contributed by atoms with Crippen LogP contribution in [0.5, 0.6) is 0 Å². The molecule has 0 aromatic heterocycles. The highest BCUT2D eigenvalue weighted by molar-refractivity contribution is 7.99. The summed E-state index contributed by atoms with van der Waals surface area (Å²) in [5.41, 5.74) is 1.000. The topological polar surface area (TPSA) is 26.8 Å². The minimum absolute atomic E-state index is 0.0178. The number of piperazine rings is 1. The van der Waals surface area contributed by atoms with Crippen LogP contribution in [0.2, 0.25) is 0 Å². The summed E-state index contributed by atoms with van der Waals surface area (Å²) < 4.78 is 40.2. The third kappa shape index (κ3) is 6.80. The summed E-state index contributed by atoms with van der Waals surface area (Å²) in [5.74, 6) is 0.296. The van der Waals surface area contributed by atoms with Crippen molar-refractivity contribution < 1.29 is 18.0 Å². The number of para-hydroxylation sites is 1. The summed E-state index contributed by atoms with van der Waals surface area (Å²) in [6, 6.07) is 11.9. The Morgan fingerprint density at radius 3 is 2.23 bits per heavy atom. The molecule has 1 fully saturated rings. The van der Waals surface area contributed by atoms with Gasteiger partial charge in [-0.1, -0.05) is 44.7 Å². The van der Waals surface area contributed by atoms with Crippen molar-refractivity contribution in [2.75, 3.05) is 50.7 Å². The Morgan fingerprint density at radius 1 is 0.886 bits per heavy atom. The first-order valence-electron chi connectivity index (χ1n) is 12.2. The lowest BCUT2D eigenvalue weighted by Crippen LogP contribution is -2.48. The molecule has 4 nitrogen and oxygen atoms in total. The molecule has 2 aromatic carbocycles. The molecule has 0 unspecified atom stereocenters. The van der Waals surface area contributed by atoms with Crippen LogP contribution in [0.1, 0.15) is 39.2 Å². The number of hydrogen-bond donors (Lipinski definition) is 0. The van der Waals surface area contributed by atoms with Crippen molar-refractivity contribution in [2.24, 2.45) is 5.41 Å². The second-order valence-electron chi connectivity index (χ2n) is 10.6. The first-order valence-corrected chi connectivity index (χ1v) is 13.0. The van der Waals surface area contributed by atoms with Crippen LogP contribution in [0.25, 0.3) is 0 Å². The monoisotopic (exact) mass is 505 g/mol. The predicted molar refractivity (Wildman–Crippen MR) is 136 cm³/mol. The van der Waals surface area contributed by atoms with E-state index in [-0.39, 0.29) is 5.41 Å². The summed E-state index contributed by atoms with van der Waals surface area (Å²) in [6.45, 7) is 11.9. The van der Waals surface area contributed by atoms with E-state index >= 15 is 0 Å². The summed E-state index contributed by atoms with van der Waals surface area (Å²) >= 11 is 1.52. The van der Waals surface area contributed by atoms with Gasteiger partial charge in [0.1, 0.15) is 5.78 Å². The van der Waals surface area contributed by atoms with Gasteiger partial charge in [-0.3, -0.25) is 9.69 Å². The Kier molecular flexibility index (Phi) is 7.83. The molecule has 2 aliphatic rings. The Labute approximate surface area is 210 Å². The fraction of sp³-hybridized carbons (Fsp3) is 0.519. The van der Waals surface area contributed by atoms with Crippen LogP contribution in [-0.4, -0.2) is 61.4 Å². The number of fused-ring (bicyclic) bond motifs is 2. The van der Waals surface area contributed by atoms with Gasteiger partial charge >= 0.3 is 6.18 Å². The molecule has 4 rings (SSSR count). The van der Waals surface area contributed by atoms with Crippen LogP contribution in [0, 0.1) is 5.41 Å². The van der Waals surface area contributed by atoms with Crippen LogP contribution >= 0.6 is 11.8 Å². The van der Waals surface area contributed by atoms with E-state index in [9.17, 15) is 18.0 Å². The molecule has 2 aliphatic heterocycles. The third-order valence-electron chi connectivity index (χ3n) is 6.40. The molecule has 0 spiro atoms. The molecule has 1 saturated heterocycles. The van der Waals surface area contributed by atoms with Crippen molar-refractivity contribution in [3.05, 3.63) is 48.0 Å². The highest BCUT2D eigenvalue weighted by Crippen LogP contribution is 2.49. The number of carbonyl (C=O) groups excluding carboxylic acids is 1. The van der Waals surface area contributed by atoms with Gasteiger partial charge in [0.2, 0.25) is 0 Å². The predicted octanol–water partition coefficient (Wildman–Crippen LogP) is 6.32. The highest BCUT2D eigenvalue weighted by Gasteiger charge is 2.33. The number of nitrogens with zero attached hydrogens (tertiary/aromatic N) is 3. The smallest absolute Gasteiger partial charge is 0.340 e. The first-order chi connectivity index (χ1) is 16.5. The minimum atomic E-state index is -4.36. The summed E-state index contributed by atoms with van der Waals surface area (Å²) in [5, 5.41) is 0. The van der Waals surface area contributed by atoms with E-state index < -0.39 is 11.7 Å². The fourth-order valence-corrected chi connectivity index (χ4v) is 5.84. The molecule has 190 valence electrons. The molecule has 35 heavy (non-hydrogen) atoms. The van der Waals surface area contributed by atoms with Crippen molar-refractivity contribution in [2.45, 2.75) is 49.6 Å². The third-order valence-corrected chi connectivity index (χ3v) is 7.53. The lowest BCUT2D eigenvalue weighted by atomic mass is 9.90. The SMILES string of the molecule is CC(C)(C)CC(=O)CN1CCN(CCCN2c3ccccc3Sc3ccc(C(F)(F)F)cc32)CC1. The van der Waals surface area contributed by atoms with Gasteiger partial charge in [0.25, 0.3) is 0 Å². The zero-order valence-corrected chi connectivity index (χ0v) is 21.5. The quantitative estimate of drug-likeness (QED) is 0.439. The Morgan fingerprint density at radius 2 is 1.54 bits per heavy atom. The molecule has 0 aliphatic carbocycles. The molecule has 2 heterocycles. The van der Waals surface area contributed by atoms with Crippen LogP contribution < -0.4 is 4.90 Å². The standard InChI is InChI=1S/C27H34F3N3OS/c1-26(2,3)18-21(34)19-32-15-13-31(14-16-32)11-6-12-33-22-7-4-5-8-24(22)35-25-10-9-20(17-23(25)33)27(28,29)30/h4-5,7-10,17H,6,11-16,18-19H2,1-3H3. The molecule has 0 saturated carbocycles. The lowest BCUT2D eigenvalue weighted by Gasteiger charge is -2.36. The van der Waals surface area contributed by atoms with E-state index in [1.54, 1.807) is 6.07 Å². The van der Waals surface area contributed by atoms with Gasteiger partial charge in [0, 0.05) is 48.9 Å². The van der Waals surface area contributed by atoms with E-state index in [2.05, 4.69) is 30.6 Å². The number of halogens is 3. The van der Waals surface area contributed by atoms with Crippen LogP contribution in [0.3, 0.4) is 0 Å². The maximum Gasteiger partial charge on any atom is 0.416 e. The van der Waals surface area contributed by atoms with Crippen LogP contribution in [0.15, 0.2) is 52.3 Å². The number of rotatable bonds is 7. The zero-order chi connectivity index (χ0) is 25.2. The van der Waals surface area contributed by atoms with Gasteiger partial charge in [-0.25, -0.2) is 0 Å². The van der Waals surface area contributed by atoms with Gasteiger partial charge in [0.05, 0.1) is 23.5 Å². The molecule has 0 bridgehead atoms. The molecule has 0 amide bonds. The van der Waals surface area contributed by atoms with Crippen molar-refractivity contribution in [1.29, 1.82) is 0 Å². The molecule has 0 atom stereocenters. The van der Waals surface area contributed by atoms with E-state index in [1.165, 1.54) is 23.9 Å². The normalized spacial score (nSPS) is 17.3. The maximum atomic E-state index is 13.4. The van der Waals surface area contributed by atoms with Crippen molar-refractivity contribution in [3.63, 3.8) is 0 Å². The average Bonchev–Trinajstić information content (AvgIpc) is 2.77. The summed E-state index contributed by atoms with van der Waals surface area (Å²) in [6.07, 6.45) is -2.92. The number of hydrogen-bond acceptors (Lipinski definition) is 5.